The molecule has 0 aliphatic carbocycles. The quantitative estimate of drug-likeness (QED) is 0.504. The minimum atomic E-state index is -0.0476. The number of amides is 1. The van der Waals surface area contributed by atoms with Gasteiger partial charge in [0.2, 0.25) is 0 Å². The second-order valence-corrected chi connectivity index (χ2v) is 7.17. The normalized spacial score (nSPS) is 12.2. The van der Waals surface area contributed by atoms with E-state index >= 15 is 0 Å². The minimum absolute atomic E-state index is 0.0476. The van der Waals surface area contributed by atoms with Crippen molar-refractivity contribution in [1.82, 2.24) is 0 Å². The number of benzene rings is 4. The number of anilines is 1. The monoisotopic (exact) mass is 371 g/mol. The highest BCUT2D eigenvalue weighted by Crippen LogP contribution is 2.26. The maximum absolute atomic E-state index is 12.6. The Labute approximate surface area is 164 Å². The number of phenolic OH excluding ortho intramolecular Hbond substituents is 1. The Bertz CT molecular complexity index is 1150. The average molecular weight is 371 g/mol. The molecule has 0 radical (unpaired) electrons. The van der Waals surface area contributed by atoms with E-state index in [0.29, 0.717) is 13.1 Å². The molecule has 0 saturated carbocycles. The number of carbonyl (C=O) groups is 1. The van der Waals surface area contributed by atoms with Crippen LogP contribution in [0.1, 0.15) is 5.56 Å². The predicted octanol–water partition coefficient (Wildman–Crippen LogP) is 3.35. The van der Waals surface area contributed by atoms with Crippen molar-refractivity contribution in [1.29, 1.82) is 0 Å². The van der Waals surface area contributed by atoms with E-state index in [1.807, 2.05) is 79.8 Å². The van der Waals surface area contributed by atoms with Gasteiger partial charge < -0.3 is 15.3 Å². The molecule has 0 aromatic heterocycles. The highest BCUT2D eigenvalue weighted by Gasteiger charge is 2.16. The lowest BCUT2D eigenvalue weighted by Gasteiger charge is -2.16. The van der Waals surface area contributed by atoms with Gasteiger partial charge in [0.15, 0.2) is 6.54 Å². The summed E-state index contributed by atoms with van der Waals surface area (Å²) in [6.45, 7) is 0.877. The third-order valence-electron chi connectivity index (χ3n) is 5.02. The van der Waals surface area contributed by atoms with Crippen LogP contribution in [0.2, 0.25) is 0 Å². The average Bonchev–Trinajstić information content (AvgIpc) is 2.70. The fourth-order valence-corrected chi connectivity index (χ4v) is 3.68. The fraction of sp³-hybridized carbons (Fsp3) is 0.125. The van der Waals surface area contributed by atoms with Crippen molar-refractivity contribution < 1.29 is 14.8 Å². The number of fused-ring (bicyclic) bond motifs is 2. The van der Waals surface area contributed by atoms with Crippen molar-refractivity contribution in [2.75, 3.05) is 18.9 Å². The molecular formula is C24H23N2O2+. The number of quaternary nitrogens is 1. The summed E-state index contributed by atoms with van der Waals surface area (Å²) < 4.78 is 0. The summed E-state index contributed by atoms with van der Waals surface area (Å²) in [4.78, 5) is 13.6. The molecule has 0 heterocycles. The molecule has 3 N–H and O–H groups in total. The second kappa shape index (κ2) is 7.71. The van der Waals surface area contributed by atoms with Crippen LogP contribution in [-0.4, -0.2) is 24.6 Å². The first-order valence-corrected chi connectivity index (χ1v) is 9.40. The summed E-state index contributed by atoms with van der Waals surface area (Å²) >= 11 is 0. The maximum atomic E-state index is 12.6. The first-order valence-electron chi connectivity index (χ1n) is 9.40. The molecule has 4 nitrogen and oxygen atoms in total. The maximum Gasteiger partial charge on any atom is 0.279 e. The summed E-state index contributed by atoms with van der Waals surface area (Å²) in [5.74, 6) is 0.223. The van der Waals surface area contributed by atoms with Crippen LogP contribution in [-0.2, 0) is 11.3 Å². The highest BCUT2D eigenvalue weighted by atomic mass is 16.3. The van der Waals surface area contributed by atoms with E-state index in [1.165, 1.54) is 0 Å². The van der Waals surface area contributed by atoms with Gasteiger partial charge in [-0.1, -0.05) is 66.7 Å². The summed E-state index contributed by atoms with van der Waals surface area (Å²) in [6, 6.07) is 25.5. The summed E-state index contributed by atoms with van der Waals surface area (Å²) in [6.07, 6.45) is 0. The van der Waals surface area contributed by atoms with Crippen LogP contribution in [0.25, 0.3) is 21.5 Å². The number of carbonyl (C=O) groups excluding carboxylic acids is 1. The fourth-order valence-electron chi connectivity index (χ4n) is 3.68. The third-order valence-corrected chi connectivity index (χ3v) is 5.02. The molecule has 1 amide bonds. The van der Waals surface area contributed by atoms with Crippen LogP contribution in [0.5, 0.6) is 5.75 Å². The van der Waals surface area contributed by atoms with Gasteiger partial charge in [-0.15, -0.1) is 0 Å². The lowest BCUT2D eigenvalue weighted by atomic mass is 10.0. The number of nitrogens with one attached hydrogen (secondary N) is 2. The van der Waals surface area contributed by atoms with Gasteiger partial charge in [-0.25, -0.2) is 0 Å². The largest absolute Gasteiger partial charge is 0.507 e. The number of aromatic hydroxyl groups is 1. The first kappa shape index (κ1) is 18.0. The zero-order valence-corrected chi connectivity index (χ0v) is 15.8. The molecule has 0 aliphatic rings. The second-order valence-electron chi connectivity index (χ2n) is 7.17. The van der Waals surface area contributed by atoms with Gasteiger partial charge in [-0.3, -0.25) is 4.79 Å². The molecule has 1 unspecified atom stereocenters. The van der Waals surface area contributed by atoms with E-state index in [2.05, 4.69) is 5.32 Å². The first-order chi connectivity index (χ1) is 13.6. The van der Waals surface area contributed by atoms with Crippen LogP contribution in [0.4, 0.5) is 5.69 Å². The highest BCUT2D eigenvalue weighted by molar-refractivity contribution is 6.02. The zero-order chi connectivity index (χ0) is 19.5. The number of hydrogen-bond acceptors (Lipinski definition) is 2. The lowest BCUT2D eigenvalue weighted by Crippen LogP contribution is -3.08. The Balaban J connectivity index is 1.49. The van der Waals surface area contributed by atoms with Crippen molar-refractivity contribution in [3.8, 4) is 5.75 Å². The van der Waals surface area contributed by atoms with E-state index in [0.717, 1.165) is 37.7 Å². The van der Waals surface area contributed by atoms with Gasteiger partial charge in [0.25, 0.3) is 5.91 Å². The van der Waals surface area contributed by atoms with Crippen molar-refractivity contribution >= 4 is 33.1 Å². The molecule has 4 aromatic carbocycles. The van der Waals surface area contributed by atoms with E-state index in [9.17, 15) is 9.90 Å². The third kappa shape index (κ3) is 3.68. The number of phenols is 1. The Hall–Kier alpha value is -3.37. The molecule has 140 valence electrons. The Kier molecular flexibility index (Phi) is 4.96. The molecule has 0 fully saturated rings. The Morgan fingerprint density at radius 3 is 2.29 bits per heavy atom. The summed E-state index contributed by atoms with van der Waals surface area (Å²) in [7, 11) is 1.96. The number of likely N-dealkylation sites (N-methyl/N-ethyl adjacent to an activating group) is 1. The molecule has 0 spiro atoms. The molecule has 1 atom stereocenters. The minimum Gasteiger partial charge on any atom is -0.507 e. The van der Waals surface area contributed by atoms with Crippen molar-refractivity contribution in [2.45, 2.75) is 6.54 Å². The topological polar surface area (TPSA) is 53.8 Å². The number of hydrogen-bond donors (Lipinski definition) is 3. The van der Waals surface area contributed by atoms with E-state index in [1.54, 1.807) is 6.07 Å². The van der Waals surface area contributed by atoms with Crippen molar-refractivity contribution in [3.63, 3.8) is 0 Å². The van der Waals surface area contributed by atoms with Crippen molar-refractivity contribution in [2.24, 2.45) is 0 Å². The van der Waals surface area contributed by atoms with Gasteiger partial charge in [0.1, 0.15) is 12.3 Å². The molecular weight excluding hydrogens is 348 g/mol. The Morgan fingerprint density at radius 2 is 1.50 bits per heavy atom. The zero-order valence-electron chi connectivity index (χ0n) is 15.8. The Morgan fingerprint density at radius 1 is 0.857 bits per heavy atom. The van der Waals surface area contributed by atoms with Crippen LogP contribution < -0.4 is 10.2 Å². The molecule has 0 aliphatic heterocycles. The van der Waals surface area contributed by atoms with Gasteiger partial charge in [0, 0.05) is 11.1 Å². The predicted molar refractivity (Wildman–Crippen MR) is 114 cm³/mol. The molecule has 0 saturated heterocycles. The standard InChI is InChI=1S/C24H22N2O2/c1-26(15-21-19-10-4-2-8-18(19)13-14-23(21)27)16-24(28)25-22-12-6-9-17-7-3-5-11-20(17)22/h2-14,27H,15-16H2,1H3,(H,25,28)/p+1. The molecule has 4 aromatic rings. The van der Waals surface area contributed by atoms with E-state index < -0.39 is 0 Å². The van der Waals surface area contributed by atoms with Gasteiger partial charge in [-0.2, -0.15) is 0 Å². The molecule has 0 bridgehead atoms. The van der Waals surface area contributed by atoms with Crippen LogP contribution in [0, 0.1) is 0 Å². The lowest BCUT2D eigenvalue weighted by molar-refractivity contribution is -0.885. The van der Waals surface area contributed by atoms with E-state index in [4.69, 9.17) is 0 Å². The van der Waals surface area contributed by atoms with Gasteiger partial charge in [-0.05, 0) is 28.3 Å². The number of rotatable bonds is 5. The van der Waals surface area contributed by atoms with Gasteiger partial charge in [0.05, 0.1) is 12.6 Å². The van der Waals surface area contributed by atoms with Crippen LogP contribution in [0.3, 0.4) is 0 Å². The van der Waals surface area contributed by atoms with Crippen LogP contribution in [0.15, 0.2) is 78.9 Å². The summed E-state index contributed by atoms with van der Waals surface area (Å²) in [5, 5.41) is 17.6. The van der Waals surface area contributed by atoms with E-state index in [-0.39, 0.29) is 11.7 Å². The van der Waals surface area contributed by atoms with Crippen LogP contribution >= 0.6 is 0 Å². The van der Waals surface area contributed by atoms with Gasteiger partial charge >= 0.3 is 0 Å². The smallest absolute Gasteiger partial charge is 0.279 e. The molecule has 4 rings (SSSR count). The van der Waals surface area contributed by atoms with Crippen molar-refractivity contribution in [3.05, 3.63) is 84.4 Å². The molecule has 4 heteroatoms. The molecule has 28 heavy (non-hydrogen) atoms. The SMILES string of the molecule is C[NH+](CC(=O)Nc1cccc2ccccc12)Cc1c(O)ccc2ccccc12. The summed E-state index contributed by atoms with van der Waals surface area (Å²) in [5.41, 5.74) is 1.69.